The van der Waals surface area contributed by atoms with E-state index in [-0.39, 0.29) is 5.92 Å². The molecule has 0 aliphatic carbocycles. The highest BCUT2D eigenvalue weighted by molar-refractivity contribution is 5.71. The first-order valence-corrected chi connectivity index (χ1v) is 12.6. The molecule has 7 heteroatoms. The quantitative estimate of drug-likeness (QED) is 0.276. The summed E-state index contributed by atoms with van der Waals surface area (Å²) in [6, 6.07) is 6.21. The van der Waals surface area contributed by atoms with Crippen molar-refractivity contribution in [2.24, 2.45) is 0 Å². The molecule has 0 N–H and O–H groups in total. The standard InChI is InChI=1S/C27H42N2O5/c1-5-6-15-31-16-8-17-32-18-9-19-33-20-10-21-34-27(30)29-14-13-28-26(29)24(4)25-12-7-11-22(2)23(25)3/h7,11-14,24H,5-6,8-10,15-21H2,1-4H3/t24-/m0/s1. The topological polar surface area (TPSA) is 71.8 Å². The Balaban J connectivity index is 1.56. The molecule has 0 aliphatic rings. The van der Waals surface area contributed by atoms with Crippen LogP contribution in [0.2, 0.25) is 0 Å². The van der Waals surface area contributed by atoms with Crippen LogP contribution in [0.15, 0.2) is 30.6 Å². The Hall–Kier alpha value is -2.22. The zero-order valence-corrected chi connectivity index (χ0v) is 21.4. The van der Waals surface area contributed by atoms with Crippen molar-refractivity contribution in [3.05, 3.63) is 53.1 Å². The first kappa shape index (κ1) is 28.0. The minimum absolute atomic E-state index is 0.0124. The number of imidazole rings is 1. The minimum Gasteiger partial charge on any atom is -0.449 e. The number of ether oxygens (including phenoxy) is 4. The van der Waals surface area contributed by atoms with Crippen LogP contribution in [0.25, 0.3) is 0 Å². The van der Waals surface area contributed by atoms with E-state index >= 15 is 0 Å². The van der Waals surface area contributed by atoms with E-state index < -0.39 is 6.09 Å². The van der Waals surface area contributed by atoms with Gasteiger partial charge in [0.15, 0.2) is 0 Å². The molecule has 2 rings (SSSR count). The summed E-state index contributed by atoms with van der Waals surface area (Å²) >= 11 is 0. The highest BCUT2D eigenvalue weighted by Gasteiger charge is 2.20. The van der Waals surface area contributed by atoms with Crippen molar-refractivity contribution in [1.82, 2.24) is 9.55 Å². The second-order valence-electron chi connectivity index (χ2n) is 8.53. The van der Waals surface area contributed by atoms with Gasteiger partial charge in [-0.15, -0.1) is 0 Å². The highest BCUT2D eigenvalue weighted by Crippen LogP contribution is 2.27. The maximum atomic E-state index is 12.6. The highest BCUT2D eigenvalue weighted by atomic mass is 16.6. The van der Waals surface area contributed by atoms with Crippen molar-refractivity contribution in [3.63, 3.8) is 0 Å². The van der Waals surface area contributed by atoms with Crippen LogP contribution in [-0.2, 0) is 18.9 Å². The third-order valence-electron chi connectivity index (χ3n) is 5.82. The number of hydrogen-bond donors (Lipinski definition) is 0. The first-order valence-electron chi connectivity index (χ1n) is 12.6. The largest absolute Gasteiger partial charge is 0.449 e. The molecule has 1 atom stereocenters. The molecule has 0 fully saturated rings. The molecule has 0 radical (unpaired) electrons. The molecule has 190 valence electrons. The molecule has 0 bridgehead atoms. The number of benzene rings is 1. The van der Waals surface area contributed by atoms with Gasteiger partial charge >= 0.3 is 6.09 Å². The number of carbonyl (C=O) groups is 1. The van der Waals surface area contributed by atoms with Crippen LogP contribution in [0.1, 0.15) is 74.4 Å². The fourth-order valence-electron chi connectivity index (χ4n) is 3.64. The molecule has 2 aromatic rings. The Morgan fingerprint density at radius 1 is 0.912 bits per heavy atom. The number of unbranched alkanes of at least 4 members (excludes halogenated alkanes) is 1. The van der Waals surface area contributed by atoms with E-state index in [1.54, 1.807) is 12.4 Å². The van der Waals surface area contributed by atoms with Crippen LogP contribution in [0.4, 0.5) is 4.79 Å². The lowest BCUT2D eigenvalue weighted by Crippen LogP contribution is -2.19. The summed E-state index contributed by atoms with van der Waals surface area (Å²) in [4.78, 5) is 17.0. The molecule has 0 saturated carbocycles. The normalized spacial score (nSPS) is 12.1. The zero-order chi connectivity index (χ0) is 24.6. The van der Waals surface area contributed by atoms with Crippen LogP contribution >= 0.6 is 0 Å². The van der Waals surface area contributed by atoms with Gasteiger partial charge in [0.1, 0.15) is 5.82 Å². The summed E-state index contributed by atoms with van der Waals surface area (Å²) in [5.74, 6) is 0.670. The van der Waals surface area contributed by atoms with Crippen molar-refractivity contribution in [2.45, 2.75) is 65.7 Å². The van der Waals surface area contributed by atoms with E-state index in [9.17, 15) is 4.79 Å². The lowest BCUT2D eigenvalue weighted by atomic mass is 9.93. The van der Waals surface area contributed by atoms with E-state index in [0.717, 1.165) is 51.1 Å². The summed E-state index contributed by atoms with van der Waals surface area (Å²) in [6.07, 6.45) is 7.61. The molecule has 0 aliphatic heterocycles. The van der Waals surface area contributed by atoms with Crippen LogP contribution < -0.4 is 0 Å². The van der Waals surface area contributed by atoms with Crippen LogP contribution in [0.5, 0.6) is 0 Å². The third kappa shape index (κ3) is 9.57. The number of aromatic nitrogens is 2. The third-order valence-corrected chi connectivity index (χ3v) is 5.82. The summed E-state index contributed by atoms with van der Waals surface area (Å²) in [7, 11) is 0. The second kappa shape index (κ2) is 16.4. The zero-order valence-electron chi connectivity index (χ0n) is 21.4. The van der Waals surface area contributed by atoms with Gasteiger partial charge < -0.3 is 18.9 Å². The van der Waals surface area contributed by atoms with Gasteiger partial charge in [-0.05, 0) is 49.8 Å². The van der Waals surface area contributed by atoms with E-state index in [1.807, 2.05) is 6.07 Å². The van der Waals surface area contributed by atoms with Crippen molar-refractivity contribution in [3.8, 4) is 0 Å². The first-order chi connectivity index (χ1) is 16.6. The molecular weight excluding hydrogens is 432 g/mol. The van der Waals surface area contributed by atoms with Crippen molar-refractivity contribution >= 4 is 6.09 Å². The van der Waals surface area contributed by atoms with Gasteiger partial charge in [0.2, 0.25) is 0 Å². The maximum absolute atomic E-state index is 12.6. The fourth-order valence-corrected chi connectivity index (χ4v) is 3.64. The van der Waals surface area contributed by atoms with Gasteiger partial charge in [-0.25, -0.2) is 14.3 Å². The molecule has 7 nitrogen and oxygen atoms in total. The molecule has 0 saturated heterocycles. The summed E-state index contributed by atoms with van der Waals surface area (Å²) in [5.41, 5.74) is 3.61. The van der Waals surface area contributed by atoms with Crippen molar-refractivity contribution < 1.29 is 23.7 Å². The molecule has 0 amide bonds. The number of nitrogens with zero attached hydrogens (tertiary/aromatic N) is 2. The van der Waals surface area contributed by atoms with Gasteiger partial charge in [-0.1, -0.05) is 38.5 Å². The van der Waals surface area contributed by atoms with Crippen LogP contribution in [-0.4, -0.2) is 61.9 Å². The molecule has 1 aromatic carbocycles. The Labute approximate surface area is 204 Å². The smallest absolute Gasteiger partial charge is 0.419 e. The average molecular weight is 475 g/mol. The predicted octanol–water partition coefficient (Wildman–Crippen LogP) is 5.66. The van der Waals surface area contributed by atoms with Gasteiger partial charge in [0, 0.05) is 64.4 Å². The van der Waals surface area contributed by atoms with Crippen LogP contribution in [0, 0.1) is 13.8 Å². The van der Waals surface area contributed by atoms with Gasteiger partial charge in [0.05, 0.1) is 6.61 Å². The van der Waals surface area contributed by atoms with Gasteiger partial charge in [-0.3, -0.25) is 0 Å². The monoisotopic (exact) mass is 474 g/mol. The summed E-state index contributed by atoms with van der Waals surface area (Å²) in [6.45, 7) is 12.9. The molecule has 1 aromatic heterocycles. The Morgan fingerprint density at radius 2 is 1.50 bits per heavy atom. The Bertz CT molecular complexity index is 836. The lowest BCUT2D eigenvalue weighted by Gasteiger charge is -2.17. The predicted molar refractivity (Wildman–Crippen MR) is 134 cm³/mol. The average Bonchev–Trinajstić information content (AvgIpc) is 3.33. The fraction of sp³-hybridized carbons (Fsp3) is 0.630. The molecule has 1 heterocycles. The van der Waals surface area contributed by atoms with Crippen molar-refractivity contribution in [1.29, 1.82) is 0 Å². The van der Waals surface area contributed by atoms with Gasteiger partial charge in [-0.2, -0.15) is 0 Å². The summed E-state index contributed by atoms with van der Waals surface area (Å²) < 4.78 is 23.6. The maximum Gasteiger partial charge on any atom is 0.419 e. The molecular formula is C27H42N2O5. The van der Waals surface area contributed by atoms with Crippen LogP contribution in [0.3, 0.4) is 0 Å². The Kier molecular flexibility index (Phi) is 13.5. The second-order valence-corrected chi connectivity index (χ2v) is 8.53. The van der Waals surface area contributed by atoms with Crippen molar-refractivity contribution in [2.75, 3.05) is 46.2 Å². The number of hydrogen-bond acceptors (Lipinski definition) is 6. The number of rotatable bonds is 17. The number of carbonyl (C=O) groups excluding carboxylic acids is 1. The van der Waals surface area contributed by atoms with E-state index in [1.165, 1.54) is 15.7 Å². The molecule has 0 unspecified atom stereocenters. The van der Waals surface area contributed by atoms with Gasteiger partial charge in [0.25, 0.3) is 0 Å². The SMILES string of the molecule is CCCCOCCCOCCCOCCCOC(=O)n1ccnc1[C@@H](C)c1cccc(C)c1C. The van der Waals surface area contributed by atoms with E-state index in [4.69, 9.17) is 18.9 Å². The number of aryl methyl sites for hydroxylation is 1. The minimum atomic E-state index is -0.406. The van der Waals surface area contributed by atoms with E-state index in [0.29, 0.717) is 38.7 Å². The summed E-state index contributed by atoms with van der Waals surface area (Å²) in [5, 5.41) is 0. The van der Waals surface area contributed by atoms with E-state index in [2.05, 4.69) is 44.8 Å². The lowest BCUT2D eigenvalue weighted by molar-refractivity contribution is 0.0585. The molecule has 34 heavy (non-hydrogen) atoms. The molecule has 0 spiro atoms. The Morgan fingerprint density at radius 3 is 2.12 bits per heavy atom.